The van der Waals surface area contributed by atoms with Gasteiger partial charge in [-0.3, -0.25) is 0 Å². The summed E-state index contributed by atoms with van der Waals surface area (Å²) in [6.07, 6.45) is 5.58. The molecule has 2 atom stereocenters. The lowest BCUT2D eigenvalue weighted by Gasteiger charge is -2.20. The van der Waals surface area contributed by atoms with E-state index in [1.54, 1.807) is 6.33 Å². The van der Waals surface area contributed by atoms with Gasteiger partial charge in [-0.2, -0.15) is 0 Å². The molecule has 1 aliphatic carbocycles. The van der Waals surface area contributed by atoms with Crippen molar-refractivity contribution in [1.29, 1.82) is 0 Å². The van der Waals surface area contributed by atoms with Crippen LogP contribution in [0, 0.1) is 11.8 Å². The average Bonchev–Trinajstić information content (AvgIpc) is 2.81. The Bertz CT molecular complexity index is 418. The van der Waals surface area contributed by atoms with Gasteiger partial charge >= 0.3 is 0 Å². The van der Waals surface area contributed by atoms with Gasteiger partial charge in [0, 0.05) is 12.1 Å². The number of nitrogens with zero attached hydrogens (tertiary/aromatic N) is 2. The highest BCUT2D eigenvalue weighted by Gasteiger charge is 2.23. The molecule has 0 spiro atoms. The lowest BCUT2D eigenvalue weighted by molar-refractivity contribution is 0.439. The maximum absolute atomic E-state index is 5.53. The molecule has 1 fully saturated rings. The molecule has 0 amide bonds. The number of nitrogens with one attached hydrogen (secondary N) is 2. The Morgan fingerprint density at radius 2 is 2.05 bits per heavy atom. The van der Waals surface area contributed by atoms with E-state index in [-0.39, 0.29) is 0 Å². The molecule has 0 aromatic carbocycles. The highest BCUT2D eigenvalue weighted by Crippen LogP contribution is 2.32. The molecule has 19 heavy (non-hydrogen) atoms. The Balaban J connectivity index is 2.11. The number of rotatable bonds is 5. The van der Waals surface area contributed by atoms with Crippen molar-refractivity contribution in [1.82, 2.24) is 9.97 Å². The smallest absolute Gasteiger partial charge is 0.148 e. The number of anilines is 2. The molecule has 0 saturated heterocycles. The lowest BCUT2D eigenvalue weighted by Crippen LogP contribution is -2.20. The molecule has 1 aliphatic rings. The zero-order valence-electron chi connectivity index (χ0n) is 12.1. The van der Waals surface area contributed by atoms with Crippen molar-refractivity contribution in [2.75, 3.05) is 17.3 Å². The summed E-state index contributed by atoms with van der Waals surface area (Å²) >= 11 is 0. The van der Waals surface area contributed by atoms with Gasteiger partial charge in [-0.05, 0) is 24.2 Å². The van der Waals surface area contributed by atoms with Gasteiger partial charge in [0.25, 0.3) is 0 Å². The number of hydrazine groups is 1. The maximum Gasteiger partial charge on any atom is 0.148 e. The second kappa shape index (κ2) is 6.19. The van der Waals surface area contributed by atoms with Gasteiger partial charge in [0.2, 0.25) is 0 Å². The zero-order valence-corrected chi connectivity index (χ0v) is 12.1. The molecule has 1 aromatic rings. The van der Waals surface area contributed by atoms with Crippen molar-refractivity contribution in [3.63, 3.8) is 0 Å². The van der Waals surface area contributed by atoms with Gasteiger partial charge in [0.15, 0.2) is 0 Å². The minimum Gasteiger partial charge on any atom is -0.369 e. The van der Waals surface area contributed by atoms with Crippen molar-refractivity contribution in [2.24, 2.45) is 17.7 Å². The van der Waals surface area contributed by atoms with Crippen molar-refractivity contribution >= 4 is 11.6 Å². The standard InChI is InChI=1S/C14H25N5/c1-9(2)12-13(17-8-18-14(12)19-15)16-7-11-6-4-5-10(11)3/h8-11H,4-7,15H2,1-3H3,(H2,16,17,18,19). The van der Waals surface area contributed by atoms with E-state index in [9.17, 15) is 0 Å². The van der Waals surface area contributed by atoms with Crippen molar-refractivity contribution < 1.29 is 0 Å². The first-order valence-corrected chi connectivity index (χ1v) is 7.18. The Kier molecular flexibility index (Phi) is 4.58. The Morgan fingerprint density at radius 3 is 2.63 bits per heavy atom. The van der Waals surface area contributed by atoms with Crippen LogP contribution in [0.5, 0.6) is 0 Å². The van der Waals surface area contributed by atoms with Gasteiger partial charge in [-0.25, -0.2) is 15.8 Å². The summed E-state index contributed by atoms with van der Waals surface area (Å²) in [7, 11) is 0. The highest BCUT2D eigenvalue weighted by molar-refractivity contribution is 5.58. The van der Waals surface area contributed by atoms with E-state index < -0.39 is 0 Å². The third-order valence-corrected chi connectivity index (χ3v) is 4.17. The normalized spacial score (nSPS) is 22.8. The van der Waals surface area contributed by atoms with Crippen molar-refractivity contribution in [2.45, 2.75) is 46.0 Å². The molecule has 0 radical (unpaired) electrons. The average molecular weight is 263 g/mol. The molecule has 106 valence electrons. The Labute approximate surface area is 115 Å². The molecule has 2 rings (SSSR count). The van der Waals surface area contributed by atoms with Crippen LogP contribution in [-0.4, -0.2) is 16.5 Å². The number of nitrogen functional groups attached to an aromatic ring is 1. The number of hydrogen-bond donors (Lipinski definition) is 3. The number of hydrogen-bond acceptors (Lipinski definition) is 5. The van der Waals surface area contributed by atoms with Crippen LogP contribution in [0.25, 0.3) is 0 Å². The van der Waals surface area contributed by atoms with Gasteiger partial charge in [0.05, 0.1) is 0 Å². The molecule has 2 unspecified atom stereocenters. The second-order valence-corrected chi connectivity index (χ2v) is 5.83. The molecule has 0 aliphatic heterocycles. The van der Waals surface area contributed by atoms with Crippen LogP contribution in [-0.2, 0) is 0 Å². The monoisotopic (exact) mass is 263 g/mol. The first-order valence-electron chi connectivity index (χ1n) is 7.18. The summed E-state index contributed by atoms with van der Waals surface area (Å²) in [5, 5.41) is 3.50. The number of aromatic nitrogens is 2. The zero-order chi connectivity index (χ0) is 13.8. The van der Waals surface area contributed by atoms with Gasteiger partial charge in [-0.15, -0.1) is 0 Å². The first-order chi connectivity index (χ1) is 9.13. The highest BCUT2D eigenvalue weighted by atomic mass is 15.3. The van der Waals surface area contributed by atoms with E-state index in [4.69, 9.17) is 5.84 Å². The van der Waals surface area contributed by atoms with E-state index >= 15 is 0 Å². The van der Waals surface area contributed by atoms with E-state index in [1.165, 1.54) is 19.3 Å². The Morgan fingerprint density at radius 1 is 1.32 bits per heavy atom. The largest absolute Gasteiger partial charge is 0.369 e. The second-order valence-electron chi connectivity index (χ2n) is 5.83. The molecule has 5 nitrogen and oxygen atoms in total. The molecular weight excluding hydrogens is 238 g/mol. The third-order valence-electron chi connectivity index (χ3n) is 4.17. The van der Waals surface area contributed by atoms with Crippen LogP contribution in [0.1, 0.15) is 51.5 Å². The SMILES string of the molecule is CC(C)c1c(NN)ncnc1NCC1CCCC1C. The van der Waals surface area contributed by atoms with E-state index in [2.05, 4.69) is 41.5 Å². The van der Waals surface area contributed by atoms with Gasteiger partial charge < -0.3 is 10.7 Å². The minimum absolute atomic E-state index is 0.329. The molecular formula is C14H25N5. The quantitative estimate of drug-likeness (QED) is 0.562. The van der Waals surface area contributed by atoms with Crippen molar-refractivity contribution in [3.05, 3.63) is 11.9 Å². The van der Waals surface area contributed by atoms with Gasteiger partial charge in [0.1, 0.15) is 18.0 Å². The molecule has 4 N–H and O–H groups in total. The third kappa shape index (κ3) is 3.15. The predicted molar refractivity (Wildman–Crippen MR) is 78.9 cm³/mol. The van der Waals surface area contributed by atoms with Crippen LogP contribution < -0.4 is 16.6 Å². The molecule has 0 bridgehead atoms. The topological polar surface area (TPSA) is 75.9 Å². The fourth-order valence-corrected chi connectivity index (χ4v) is 2.95. The maximum atomic E-state index is 5.53. The summed E-state index contributed by atoms with van der Waals surface area (Å²) in [6, 6.07) is 0. The fourth-order valence-electron chi connectivity index (χ4n) is 2.95. The van der Waals surface area contributed by atoms with Crippen LogP contribution in [0.3, 0.4) is 0 Å². The fraction of sp³-hybridized carbons (Fsp3) is 0.714. The minimum atomic E-state index is 0.329. The lowest BCUT2D eigenvalue weighted by atomic mass is 9.98. The van der Waals surface area contributed by atoms with E-state index in [0.717, 1.165) is 29.8 Å². The van der Waals surface area contributed by atoms with E-state index in [1.807, 2.05) is 0 Å². The summed E-state index contributed by atoms with van der Waals surface area (Å²) in [5.41, 5.74) is 3.73. The number of nitrogens with two attached hydrogens (primary N) is 1. The van der Waals surface area contributed by atoms with Crippen LogP contribution >= 0.6 is 0 Å². The van der Waals surface area contributed by atoms with Crippen LogP contribution in [0.4, 0.5) is 11.6 Å². The first kappa shape index (κ1) is 14.1. The summed E-state index contributed by atoms with van der Waals surface area (Å²) in [5.74, 6) is 9.05. The van der Waals surface area contributed by atoms with Crippen LogP contribution in [0.15, 0.2) is 6.33 Å². The van der Waals surface area contributed by atoms with Crippen molar-refractivity contribution in [3.8, 4) is 0 Å². The molecule has 5 heteroatoms. The summed E-state index contributed by atoms with van der Waals surface area (Å²) in [6.45, 7) is 7.59. The predicted octanol–water partition coefficient (Wildman–Crippen LogP) is 2.73. The molecule has 1 saturated carbocycles. The van der Waals surface area contributed by atoms with Gasteiger partial charge in [-0.1, -0.05) is 33.6 Å². The summed E-state index contributed by atoms with van der Waals surface area (Å²) < 4.78 is 0. The van der Waals surface area contributed by atoms with E-state index in [0.29, 0.717) is 11.7 Å². The van der Waals surface area contributed by atoms with Crippen LogP contribution in [0.2, 0.25) is 0 Å². The summed E-state index contributed by atoms with van der Waals surface area (Å²) in [4.78, 5) is 8.56. The molecule has 1 aromatic heterocycles. The molecule has 1 heterocycles. The Hall–Kier alpha value is -1.36.